The number of aryl methyl sites for hydroxylation is 1. The number of hydrogen-bond donors (Lipinski definition) is 1. The smallest absolute Gasteiger partial charge is 0.274 e. The maximum absolute atomic E-state index is 12.6. The fraction of sp³-hybridized carbons (Fsp3) is 0.250. The van der Waals surface area contributed by atoms with Crippen LogP contribution in [0, 0.1) is 0 Å². The van der Waals surface area contributed by atoms with E-state index in [-0.39, 0.29) is 17.2 Å². The Labute approximate surface area is 156 Å². The molecule has 0 saturated carbocycles. The van der Waals surface area contributed by atoms with Crippen molar-refractivity contribution in [1.29, 1.82) is 0 Å². The van der Waals surface area contributed by atoms with Crippen LogP contribution in [-0.2, 0) is 16.6 Å². The van der Waals surface area contributed by atoms with Crippen molar-refractivity contribution in [2.75, 3.05) is 31.6 Å². The van der Waals surface area contributed by atoms with Gasteiger partial charge in [0.2, 0.25) is 5.91 Å². The highest BCUT2D eigenvalue weighted by molar-refractivity contribution is 6.03. The molecule has 7 heteroatoms. The summed E-state index contributed by atoms with van der Waals surface area (Å²) in [6.45, 7) is 1.99. The van der Waals surface area contributed by atoms with Crippen LogP contribution in [0.3, 0.4) is 0 Å². The lowest BCUT2D eigenvalue weighted by Gasteiger charge is -2.27. The lowest BCUT2D eigenvalue weighted by Crippen LogP contribution is -2.41. The van der Waals surface area contributed by atoms with Crippen molar-refractivity contribution in [3.8, 4) is 0 Å². The normalized spacial score (nSPS) is 14.3. The summed E-state index contributed by atoms with van der Waals surface area (Å²) >= 11 is 0. The van der Waals surface area contributed by atoms with Crippen LogP contribution in [0.2, 0.25) is 0 Å². The van der Waals surface area contributed by atoms with E-state index in [0.717, 1.165) is 5.56 Å². The SMILES string of the molecule is Cn1cc(C(=O)N2CCOCC2)cc(NC(=O)/C=C/c2ccccc2)c1=O. The number of carbonyl (C=O) groups is 2. The van der Waals surface area contributed by atoms with Gasteiger partial charge in [-0.1, -0.05) is 30.3 Å². The van der Waals surface area contributed by atoms with E-state index in [1.807, 2.05) is 30.3 Å². The standard InChI is InChI=1S/C20H21N3O4/c1-22-14-16(19(25)23-9-11-27-12-10-23)13-17(20(22)26)21-18(24)8-7-15-5-3-2-4-6-15/h2-8,13-14H,9-12H2,1H3,(H,21,24)/b8-7+. The van der Waals surface area contributed by atoms with Crippen LogP contribution in [0.4, 0.5) is 5.69 Å². The van der Waals surface area contributed by atoms with Crippen molar-refractivity contribution in [2.24, 2.45) is 7.05 Å². The van der Waals surface area contributed by atoms with Crippen LogP contribution in [0.25, 0.3) is 6.08 Å². The molecule has 1 aromatic heterocycles. The fourth-order valence-corrected chi connectivity index (χ4v) is 2.78. The third kappa shape index (κ3) is 4.71. The number of anilines is 1. The van der Waals surface area contributed by atoms with Gasteiger partial charge in [0, 0.05) is 32.4 Å². The zero-order chi connectivity index (χ0) is 19.2. The molecule has 1 aromatic carbocycles. The summed E-state index contributed by atoms with van der Waals surface area (Å²) in [4.78, 5) is 38.8. The Bertz CT molecular complexity index is 913. The molecule has 2 heterocycles. The summed E-state index contributed by atoms with van der Waals surface area (Å²) in [6, 6.07) is 10.8. The molecule has 0 radical (unpaired) electrons. The Balaban J connectivity index is 1.77. The van der Waals surface area contributed by atoms with Gasteiger partial charge >= 0.3 is 0 Å². The lowest BCUT2D eigenvalue weighted by atomic mass is 10.2. The minimum absolute atomic E-state index is 0.0688. The van der Waals surface area contributed by atoms with Gasteiger partial charge in [-0.25, -0.2) is 0 Å². The van der Waals surface area contributed by atoms with Gasteiger partial charge in [-0.3, -0.25) is 14.4 Å². The van der Waals surface area contributed by atoms with Crippen molar-refractivity contribution in [3.63, 3.8) is 0 Å². The van der Waals surface area contributed by atoms with E-state index in [0.29, 0.717) is 31.9 Å². The van der Waals surface area contributed by atoms with Gasteiger partial charge in [-0.05, 0) is 17.7 Å². The van der Waals surface area contributed by atoms with Gasteiger partial charge in [0.05, 0.1) is 18.8 Å². The molecule has 0 bridgehead atoms. The third-order valence-corrected chi connectivity index (χ3v) is 4.21. The molecule has 2 aromatic rings. The zero-order valence-electron chi connectivity index (χ0n) is 15.1. The summed E-state index contributed by atoms with van der Waals surface area (Å²) in [5, 5.41) is 2.56. The highest BCUT2D eigenvalue weighted by atomic mass is 16.5. The minimum Gasteiger partial charge on any atom is -0.378 e. The predicted octanol–water partition coefficient (Wildman–Crippen LogP) is 1.51. The van der Waals surface area contributed by atoms with Crippen molar-refractivity contribution < 1.29 is 14.3 Å². The molecule has 1 saturated heterocycles. The van der Waals surface area contributed by atoms with E-state index in [9.17, 15) is 14.4 Å². The van der Waals surface area contributed by atoms with Crippen molar-refractivity contribution in [3.05, 3.63) is 70.2 Å². The van der Waals surface area contributed by atoms with Crippen LogP contribution in [-0.4, -0.2) is 47.6 Å². The highest BCUT2D eigenvalue weighted by Gasteiger charge is 2.20. The molecule has 1 aliphatic heterocycles. The average Bonchev–Trinajstić information content (AvgIpc) is 2.70. The first-order valence-corrected chi connectivity index (χ1v) is 8.66. The summed E-state index contributed by atoms with van der Waals surface area (Å²) in [5.74, 6) is -0.629. The van der Waals surface area contributed by atoms with Crippen molar-refractivity contribution in [2.45, 2.75) is 0 Å². The molecule has 0 unspecified atom stereocenters. The molecular weight excluding hydrogens is 346 g/mol. The third-order valence-electron chi connectivity index (χ3n) is 4.21. The number of amides is 2. The molecule has 140 valence electrons. The number of nitrogens with zero attached hydrogens (tertiary/aromatic N) is 2. The molecule has 1 fully saturated rings. The van der Waals surface area contributed by atoms with E-state index in [4.69, 9.17) is 4.74 Å². The van der Waals surface area contributed by atoms with Gasteiger partial charge in [-0.15, -0.1) is 0 Å². The largest absolute Gasteiger partial charge is 0.378 e. The first-order chi connectivity index (χ1) is 13.0. The van der Waals surface area contributed by atoms with Crippen molar-refractivity contribution in [1.82, 2.24) is 9.47 Å². The second-order valence-electron chi connectivity index (χ2n) is 6.20. The number of morpholine rings is 1. The number of ether oxygens (including phenoxy) is 1. The Morgan fingerprint density at radius 1 is 1.15 bits per heavy atom. The lowest BCUT2D eigenvalue weighted by molar-refractivity contribution is -0.111. The summed E-state index contributed by atoms with van der Waals surface area (Å²) in [6.07, 6.45) is 4.49. The van der Waals surface area contributed by atoms with Gasteiger partial charge < -0.3 is 19.5 Å². The molecule has 2 amide bonds. The second kappa shape index (κ2) is 8.46. The first-order valence-electron chi connectivity index (χ1n) is 8.66. The average molecular weight is 367 g/mol. The molecule has 7 nitrogen and oxygen atoms in total. The summed E-state index contributed by atoms with van der Waals surface area (Å²) < 4.78 is 6.55. The monoisotopic (exact) mass is 367 g/mol. The Morgan fingerprint density at radius 2 is 1.85 bits per heavy atom. The first kappa shape index (κ1) is 18.6. The number of carbonyl (C=O) groups excluding carboxylic acids is 2. The summed E-state index contributed by atoms with van der Waals surface area (Å²) in [5.41, 5.74) is 0.910. The van der Waals surface area contributed by atoms with Gasteiger partial charge in [0.15, 0.2) is 0 Å². The van der Waals surface area contributed by atoms with E-state index in [1.165, 1.54) is 22.9 Å². The second-order valence-corrected chi connectivity index (χ2v) is 6.20. The maximum atomic E-state index is 12.6. The van der Waals surface area contributed by atoms with Crippen LogP contribution in [0.15, 0.2) is 53.5 Å². The number of benzene rings is 1. The van der Waals surface area contributed by atoms with E-state index in [2.05, 4.69) is 5.32 Å². The zero-order valence-corrected chi connectivity index (χ0v) is 15.1. The number of hydrogen-bond acceptors (Lipinski definition) is 4. The van der Waals surface area contributed by atoms with Crippen molar-refractivity contribution >= 4 is 23.6 Å². The highest BCUT2D eigenvalue weighted by Crippen LogP contribution is 2.11. The molecule has 27 heavy (non-hydrogen) atoms. The molecule has 1 N–H and O–H groups in total. The number of aromatic nitrogens is 1. The van der Waals surface area contributed by atoms with Gasteiger partial charge in [-0.2, -0.15) is 0 Å². The number of nitrogens with one attached hydrogen (secondary N) is 1. The molecular formula is C20H21N3O4. The van der Waals surface area contributed by atoms with Crippen LogP contribution >= 0.6 is 0 Å². The van der Waals surface area contributed by atoms with E-state index < -0.39 is 5.91 Å². The summed E-state index contributed by atoms with van der Waals surface area (Å²) in [7, 11) is 1.55. The number of rotatable bonds is 4. The maximum Gasteiger partial charge on any atom is 0.274 e. The Morgan fingerprint density at radius 3 is 2.56 bits per heavy atom. The van der Waals surface area contributed by atoms with Gasteiger partial charge in [0.1, 0.15) is 5.69 Å². The van der Waals surface area contributed by atoms with Crippen LogP contribution in [0.1, 0.15) is 15.9 Å². The fourth-order valence-electron chi connectivity index (χ4n) is 2.78. The number of pyridine rings is 1. The molecule has 0 atom stereocenters. The van der Waals surface area contributed by atoms with E-state index in [1.54, 1.807) is 18.0 Å². The minimum atomic E-state index is -0.438. The molecule has 1 aliphatic rings. The van der Waals surface area contributed by atoms with Gasteiger partial charge in [0.25, 0.3) is 11.5 Å². The Hall–Kier alpha value is -3.19. The molecule has 0 spiro atoms. The topological polar surface area (TPSA) is 80.6 Å². The Kier molecular flexibility index (Phi) is 5.83. The van der Waals surface area contributed by atoms with E-state index >= 15 is 0 Å². The predicted molar refractivity (Wildman–Crippen MR) is 103 cm³/mol. The van der Waals surface area contributed by atoms with Crippen LogP contribution < -0.4 is 10.9 Å². The van der Waals surface area contributed by atoms with Crippen LogP contribution in [0.5, 0.6) is 0 Å². The molecule has 3 rings (SSSR count). The quantitative estimate of drug-likeness (QED) is 0.831. The molecule has 0 aliphatic carbocycles.